The van der Waals surface area contributed by atoms with Crippen LogP contribution in [-0.4, -0.2) is 20.1 Å². The predicted octanol–water partition coefficient (Wildman–Crippen LogP) is 3.17. The maximum absolute atomic E-state index is 5.91. The van der Waals surface area contributed by atoms with Gasteiger partial charge in [0.25, 0.3) is 0 Å². The summed E-state index contributed by atoms with van der Waals surface area (Å²) >= 11 is 0. The van der Waals surface area contributed by atoms with Gasteiger partial charge in [0.15, 0.2) is 0 Å². The van der Waals surface area contributed by atoms with E-state index in [1.165, 1.54) is 17.1 Å². The van der Waals surface area contributed by atoms with Gasteiger partial charge in [-0.25, -0.2) is 0 Å². The minimum Gasteiger partial charge on any atom is -0.399 e. The third kappa shape index (κ3) is 2.01. The smallest absolute Gasteiger partial charge is 0.0649 e. The molecule has 2 aromatic rings. The number of hydrogen-bond acceptors (Lipinski definition) is 3. The summed E-state index contributed by atoms with van der Waals surface area (Å²) < 4.78 is 0. The molecule has 0 saturated carbocycles. The molecule has 0 radical (unpaired) electrons. The van der Waals surface area contributed by atoms with Crippen LogP contribution in [0.5, 0.6) is 0 Å². The van der Waals surface area contributed by atoms with Gasteiger partial charge in [-0.05, 0) is 42.8 Å². The van der Waals surface area contributed by atoms with Crippen LogP contribution in [0.25, 0.3) is 0 Å². The molecule has 3 nitrogen and oxygen atoms in total. The molecule has 1 heterocycles. The number of nitrogens with zero attached hydrogens (tertiary/aromatic N) is 2. The number of hydrogen-bond donors (Lipinski definition) is 1. The second-order valence-corrected chi connectivity index (χ2v) is 5.10. The predicted molar refractivity (Wildman–Crippen MR) is 82.3 cm³/mol. The lowest BCUT2D eigenvalue weighted by atomic mass is 10.1. The summed E-state index contributed by atoms with van der Waals surface area (Å²) in [5.41, 5.74) is 11.7. The average Bonchev–Trinajstić information content (AvgIpc) is 2.43. The van der Waals surface area contributed by atoms with Crippen molar-refractivity contribution in [3.63, 3.8) is 0 Å². The fourth-order valence-corrected chi connectivity index (χ4v) is 2.60. The maximum Gasteiger partial charge on any atom is 0.0649 e. The fourth-order valence-electron chi connectivity index (χ4n) is 2.60. The molecule has 98 valence electrons. The van der Waals surface area contributed by atoms with E-state index >= 15 is 0 Å². The Morgan fingerprint density at radius 3 is 2.47 bits per heavy atom. The highest BCUT2D eigenvalue weighted by Crippen LogP contribution is 2.37. The van der Waals surface area contributed by atoms with Crippen LogP contribution in [0.4, 0.5) is 22.7 Å². The summed E-state index contributed by atoms with van der Waals surface area (Å²) in [5.74, 6) is 0. The molecule has 2 aromatic carbocycles. The summed E-state index contributed by atoms with van der Waals surface area (Å²) in [6, 6.07) is 14.8. The Bertz CT molecular complexity index is 607. The molecule has 0 atom stereocenters. The highest BCUT2D eigenvalue weighted by molar-refractivity contribution is 5.79. The molecular formula is C16H19N3. The Hall–Kier alpha value is -2.16. The lowest BCUT2D eigenvalue weighted by Crippen LogP contribution is -2.36. The van der Waals surface area contributed by atoms with E-state index in [4.69, 9.17) is 5.73 Å². The SMILES string of the molecule is Cc1cc(N2CCN(C)c3ccccc32)ccc1N. The fraction of sp³-hybridized carbons (Fsp3) is 0.250. The van der Waals surface area contributed by atoms with Gasteiger partial charge >= 0.3 is 0 Å². The Balaban J connectivity index is 2.07. The molecule has 3 rings (SSSR count). The first-order chi connectivity index (χ1) is 9.16. The van der Waals surface area contributed by atoms with Crippen molar-refractivity contribution < 1.29 is 0 Å². The van der Waals surface area contributed by atoms with Gasteiger partial charge in [-0.15, -0.1) is 0 Å². The molecule has 0 amide bonds. The molecule has 1 aliphatic rings. The van der Waals surface area contributed by atoms with Crippen LogP contribution in [0, 0.1) is 6.92 Å². The van der Waals surface area contributed by atoms with Crippen LogP contribution in [0.3, 0.4) is 0 Å². The molecule has 0 spiro atoms. The number of benzene rings is 2. The Morgan fingerprint density at radius 1 is 1.00 bits per heavy atom. The summed E-state index contributed by atoms with van der Waals surface area (Å²) in [6.45, 7) is 4.08. The number of para-hydroxylation sites is 2. The van der Waals surface area contributed by atoms with Gasteiger partial charge in [-0.3, -0.25) is 0 Å². The lowest BCUT2D eigenvalue weighted by molar-refractivity contribution is 0.822. The van der Waals surface area contributed by atoms with E-state index in [0.717, 1.165) is 24.3 Å². The number of anilines is 4. The molecule has 2 N–H and O–H groups in total. The van der Waals surface area contributed by atoms with E-state index in [0.29, 0.717) is 0 Å². The van der Waals surface area contributed by atoms with Crippen LogP contribution < -0.4 is 15.5 Å². The monoisotopic (exact) mass is 253 g/mol. The minimum absolute atomic E-state index is 0.853. The van der Waals surface area contributed by atoms with E-state index in [2.05, 4.69) is 60.2 Å². The van der Waals surface area contributed by atoms with Gasteiger partial charge < -0.3 is 15.5 Å². The molecule has 3 heteroatoms. The number of rotatable bonds is 1. The van der Waals surface area contributed by atoms with Gasteiger partial charge in [0.05, 0.1) is 11.4 Å². The van der Waals surface area contributed by atoms with E-state index in [1.807, 2.05) is 6.07 Å². The van der Waals surface area contributed by atoms with Crippen LogP contribution in [0.1, 0.15) is 5.56 Å². The van der Waals surface area contributed by atoms with E-state index in [-0.39, 0.29) is 0 Å². The summed E-state index contributed by atoms with van der Waals surface area (Å²) in [6.07, 6.45) is 0. The van der Waals surface area contributed by atoms with Crippen LogP contribution in [-0.2, 0) is 0 Å². The second-order valence-electron chi connectivity index (χ2n) is 5.10. The molecule has 1 aliphatic heterocycles. The molecular weight excluding hydrogens is 234 g/mol. The quantitative estimate of drug-likeness (QED) is 0.792. The molecule has 0 fully saturated rings. The van der Waals surface area contributed by atoms with Crippen molar-refractivity contribution in [2.45, 2.75) is 6.92 Å². The topological polar surface area (TPSA) is 32.5 Å². The van der Waals surface area contributed by atoms with Gasteiger partial charge in [-0.1, -0.05) is 12.1 Å². The zero-order chi connectivity index (χ0) is 13.4. The molecule has 0 bridgehead atoms. The number of nitrogens with two attached hydrogens (primary N) is 1. The van der Waals surface area contributed by atoms with Gasteiger partial charge in [-0.2, -0.15) is 0 Å². The maximum atomic E-state index is 5.91. The first-order valence-corrected chi connectivity index (χ1v) is 6.60. The highest BCUT2D eigenvalue weighted by atomic mass is 15.3. The zero-order valence-electron chi connectivity index (χ0n) is 11.4. The Labute approximate surface area is 114 Å². The third-order valence-corrected chi connectivity index (χ3v) is 3.81. The van der Waals surface area contributed by atoms with E-state index in [1.54, 1.807) is 0 Å². The normalized spacial score (nSPS) is 14.4. The minimum atomic E-state index is 0.853. The van der Waals surface area contributed by atoms with Gasteiger partial charge in [0.1, 0.15) is 0 Å². The first kappa shape index (κ1) is 11.9. The number of likely N-dealkylation sites (N-methyl/N-ethyl adjacent to an activating group) is 1. The summed E-state index contributed by atoms with van der Waals surface area (Å²) in [4.78, 5) is 4.66. The van der Waals surface area contributed by atoms with E-state index < -0.39 is 0 Å². The van der Waals surface area contributed by atoms with E-state index in [9.17, 15) is 0 Å². The average molecular weight is 253 g/mol. The second kappa shape index (κ2) is 4.50. The molecule has 0 saturated heterocycles. The zero-order valence-corrected chi connectivity index (χ0v) is 11.4. The van der Waals surface area contributed by atoms with Crippen molar-refractivity contribution in [1.29, 1.82) is 0 Å². The standard InChI is InChI=1S/C16H19N3/c1-12-11-13(7-8-14(12)17)19-10-9-18(2)15-5-3-4-6-16(15)19/h3-8,11H,9-10,17H2,1-2H3. The van der Waals surface area contributed by atoms with Gasteiger partial charge in [0, 0.05) is 31.5 Å². The van der Waals surface area contributed by atoms with Crippen LogP contribution in [0.15, 0.2) is 42.5 Å². The molecule has 19 heavy (non-hydrogen) atoms. The molecule has 0 aromatic heterocycles. The highest BCUT2D eigenvalue weighted by Gasteiger charge is 2.20. The van der Waals surface area contributed by atoms with Crippen molar-refractivity contribution >= 4 is 22.7 Å². The van der Waals surface area contributed by atoms with Crippen molar-refractivity contribution in [2.24, 2.45) is 0 Å². The number of aryl methyl sites for hydroxylation is 1. The van der Waals surface area contributed by atoms with Crippen LogP contribution >= 0.6 is 0 Å². The number of nitrogen functional groups attached to an aromatic ring is 1. The van der Waals surface area contributed by atoms with Crippen molar-refractivity contribution in [2.75, 3.05) is 35.7 Å². The molecule has 0 unspecified atom stereocenters. The van der Waals surface area contributed by atoms with Crippen molar-refractivity contribution in [3.8, 4) is 0 Å². The largest absolute Gasteiger partial charge is 0.399 e. The lowest BCUT2D eigenvalue weighted by Gasteiger charge is -2.37. The van der Waals surface area contributed by atoms with Crippen molar-refractivity contribution in [3.05, 3.63) is 48.0 Å². The van der Waals surface area contributed by atoms with Crippen LogP contribution in [0.2, 0.25) is 0 Å². The first-order valence-electron chi connectivity index (χ1n) is 6.60. The summed E-state index contributed by atoms with van der Waals surface area (Å²) in [5, 5.41) is 0. The Morgan fingerprint density at radius 2 is 1.74 bits per heavy atom. The van der Waals surface area contributed by atoms with Gasteiger partial charge in [0.2, 0.25) is 0 Å². The third-order valence-electron chi connectivity index (χ3n) is 3.81. The van der Waals surface area contributed by atoms with Crippen molar-refractivity contribution in [1.82, 2.24) is 0 Å². The summed E-state index contributed by atoms with van der Waals surface area (Å²) in [7, 11) is 2.14. The Kier molecular flexibility index (Phi) is 2.82. The number of fused-ring (bicyclic) bond motifs is 1. The molecule has 0 aliphatic carbocycles.